The van der Waals surface area contributed by atoms with Crippen LogP contribution in [0.15, 0.2) is 73.2 Å². The molecule has 1 aliphatic rings. The summed E-state index contributed by atoms with van der Waals surface area (Å²) in [5.41, 5.74) is 5.95. The Morgan fingerprint density at radius 3 is 2.58 bits per heavy atom. The first-order chi connectivity index (χ1) is 16.3. The number of pyridine rings is 2. The lowest BCUT2D eigenvalue weighted by Gasteiger charge is -2.26. The minimum Gasteiger partial charge on any atom is -0.379 e. The van der Waals surface area contributed by atoms with Crippen molar-refractivity contribution < 1.29 is 4.74 Å². The zero-order chi connectivity index (χ0) is 22.5. The van der Waals surface area contributed by atoms with Crippen molar-refractivity contribution in [3.8, 4) is 33.9 Å². The second-order valence-electron chi connectivity index (χ2n) is 7.98. The minimum absolute atomic E-state index is 0.579. The molecule has 7 nitrogen and oxygen atoms in total. The SMILES string of the molecule is CNc1cc(-c2cncc(-c3cccc(CN4CCOCC4)c3)c2)nc(-c2ccccn2)n1. The van der Waals surface area contributed by atoms with Gasteiger partial charge < -0.3 is 10.1 Å². The number of nitrogens with one attached hydrogen (secondary N) is 1. The third-order valence-corrected chi connectivity index (χ3v) is 5.68. The molecular formula is C26H26N6O. The maximum Gasteiger partial charge on any atom is 0.180 e. The molecule has 0 amide bonds. The summed E-state index contributed by atoms with van der Waals surface area (Å²) < 4.78 is 5.47. The van der Waals surface area contributed by atoms with E-state index in [1.165, 1.54) is 5.56 Å². The van der Waals surface area contributed by atoms with Crippen LogP contribution in [0.1, 0.15) is 5.56 Å². The average Bonchev–Trinajstić information content (AvgIpc) is 2.90. The Morgan fingerprint density at radius 2 is 1.76 bits per heavy atom. The van der Waals surface area contributed by atoms with E-state index in [1.54, 1.807) is 6.20 Å². The van der Waals surface area contributed by atoms with Gasteiger partial charge in [0.1, 0.15) is 11.5 Å². The van der Waals surface area contributed by atoms with E-state index >= 15 is 0 Å². The van der Waals surface area contributed by atoms with Gasteiger partial charge in [0.15, 0.2) is 5.82 Å². The zero-order valence-corrected chi connectivity index (χ0v) is 18.6. The lowest BCUT2D eigenvalue weighted by Crippen LogP contribution is -2.35. The summed E-state index contributed by atoms with van der Waals surface area (Å²) >= 11 is 0. The average molecular weight is 439 g/mol. The maximum absolute atomic E-state index is 5.47. The molecule has 0 spiro atoms. The Balaban J connectivity index is 1.46. The van der Waals surface area contributed by atoms with E-state index in [2.05, 4.69) is 55.5 Å². The number of anilines is 1. The predicted molar refractivity (Wildman–Crippen MR) is 130 cm³/mol. The monoisotopic (exact) mass is 438 g/mol. The topological polar surface area (TPSA) is 76.1 Å². The first-order valence-electron chi connectivity index (χ1n) is 11.1. The van der Waals surface area contributed by atoms with E-state index in [9.17, 15) is 0 Å². The number of ether oxygens (including phenoxy) is 1. The second kappa shape index (κ2) is 9.85. The number of hydrogen-bond donors (Lipinski definition) is 1. The van der Waals surface area contributed by atoms with Crippen molar-refractivity contribution in [3.05, 3.63) is 78.8 Å². The van der Waals surface area contributed by atoms with Crippen molar-refractivity contribution >= 4 is 5.82 Å². The summed E-state index contributed by atoms with van der Waals surface area (Å²) in [6.07, 6.45) is 5.48. The highest BCUT2D eigenvalue weighted by atomic mass is 16.5. The van der Waals surface area contributed by atoms with Crippen LogP contribution in [0.4, 0.5) is 5.82 Å². The van der Waals surface area contributed by atoms with Gasteiger partial charge in [0.05, 0.1) is 18.9 Å². The van der Waals surface area contributed by atoms with E-state index in [4.69, 9.17) is 9.72 Å². The largest absolute Gasteiger partial charge is 0.379 e. The molecule has 1 N–H and O–H groups in total. The molecule has 0 radical (unpaired) electrons. The summed E-state index contributed by atoms with van der Waals surface area (Å²) in [4.78, 5) is 20.7. The van der Waals surface area contributed by atoms with Crippen LogP contribution < -0.4 is 5.32 Å². The quantitative estimate of drug-likeness (QED) is 0.485. The van der Waals surface area contributed by atoms with Gasteiger partial charge in [0, 0.05) is 62.5 Å². The van der Waals surface area contributed by atoms with Gasteiger partial charge in [-0.05, 0) is 35.4 Å². The molecule has 3 aromatic heterocycles. The van der Waals surface area contributed by atoms with E-state index in [0.29, 0.717) is 5.82 Å². The smallest absolute Gasteiger partial charge is 0.180 e. The Kier molecular flexibility index (Phi) is 6.32. The number of aromatic nitrogens is 4. The van der Waals surface area contributed by atoms with Gasteiger partial charge in [-0.2, -0.15) is 0 Å². The molecule has 0 saturated carbocycles. The van der Waals surface area contributed by atoms with Crippen LogP contribution in [0.3, 0.4) is 0 Å². The van der Waals surface area contributed by atoms with E-state index in [1.807, 2.05) is 43.7 Å². The molecule has 1 aromatic carbocycles. The van der Waals surface area contributed by atoms with Crippen LogP contribution in [-0.4, -0.2) is 58.2 Å². The van der Waals surface area contributed by atoms with E-state index in [-0.39, 0.29) is 0 Å². The molecule has 7 heteroatoms. The summed E-state index contributed by atoms with van der Waals surface area (Å²) in [6, 6.07) is 18.5. The molecule has 1 aliphatic heterocycles. The minimum atomic E-state index is 0.579. The van der Waals surface area contributed by atoms with Crippen LogP contribution in [-0.2, 0) is 11.3 Å². The molecule has 4 aromatic rings. The summed E-state index contributed by atoms with van der Waals surface area (Å²) in [5, 5.41) is 3.13. The third-order valence-electron chi connectivity index (χ3n) is 5.68. The number of benzene rings is 1. The van der Waals surface area contributed by atoms with Gasteiger partial charge in [-0.25, -0.2) is 9.97 Å². The molecule has 166 valence electrons. The van der Waals surface area contributed by atoms with E-state index in [0.717, 1.165) is 66.7 Å². The van der Waals surface area contributed by atoms with Gasteiger partial charge in [-0.15, -0.1) is 0 Å². The van der Waals surface area contributed by atoms with Gasteiger partial charge >= 0.3 is 0 Å². The summed E-state index contributed by atoms with van der Waals surface area (Å²) in [6.45, 7) is 4.48. The van der Waals surface area contributed by atoms with Crippen LogP contribution in [0, 0.1) is 0 Å². The van der Waals surface area contributed by atoms with Crippen LogP contribution in [0.25, 0.3) is 33.9 Å². The van der Waals surface area contributed by atoms with Crippen LogP contribution in [0.5, 0.6) is 0 Å². The molecule has 4 heterocycles. The van der Waals surface area contributed by atoms with Gasteiger partial charge in [0.2, 0.25) is 0 Å². The Morgan fingerprint density at radius 1 is 0.879 bits per heavy atom. The highest BCUT2D eigenvalue weighted by Crippen LogP contribution is 2.28. The van der Waals surface area contributed by atoms with Crippen LogP contribution in [0.2, 0.25) is 0 Å². The summed E-state index contributed by atoms with van der Waals surface area (Å²) in [5.74, 6) is 1.31. The number of rotatable bonds is 6. The number of hydrogen-bond acceptors (Lipinski definition) is 7. The zero-order valence-electron chi connectivity index (χ0n) is 18.6. The molecule has 5 rings (SSSR count). The predicted octanol–water partition coefficient (Wildman–Crippen LogP) is 4.14. The molecule has 1 fully saturated rings. The fraction of sp³-hybridized carbons (Fsp3) is 0.231. The number of nitrogens with zero attached hydrogens (tertiary/aromatic N) is 5. The third kappa shape index (κ3) is 5.05. The van der Waals surface area contributed by atoms with Gasteiger partial charge in [-0.1, -0.05) is 24.3 Å². The lowest BCUT2D eigenvalue weighted by atomic mass is 10.0. The molecule has 0 atom stereocenters. The molecule has 1 saturated heterocycles. The van der Waals surface area contributed by atoms with Crippen molar-refractivity contribution in [2.45, 2.75) is 6.54 Å². The van der Waals surface area contributed by atoms with Crippen molar-refractivity contribution in [3.63, 3.8) is 0 Å². The van der Waals surface area contributed by atoms with Crippen molar-refractivity contribution in [2.24, 2.45) is 0 Å². The normalized spacial score (nSPS) is 14.2. The molecule has 0 aliphatic carbocycles. The molecule has 0 bridgehead atoms. The van der Waals surface area contributed by atoms with Crippen molar-refractivity contribution in [2.75, 3.05) is 38.7 Å². The number of morpholine rings is 1. The fourth-order valence-electron chi connectivity index (χ4n) is 3.94. The van der Waals surface area contributed by atoms with Gasteiger partial charge in [-0.3, -0.25) is 14.9 Å². The molecular weight excluding hydrogens is 412 g/mol. The Bertz CT molecular complexity index is 1220. The maximum atomic E-state index is 5.47. The first kappa shape index (κ1) is 21.2. The highest BCUT2D eigenvalue weighted by Gasteiger charge is 2.13. The lowest BCUT2D eigenvalue weighted by molar-refractivity contribution is 0.0342. The highest BCUT2D eigenvalue weighted by molar-refractivity contribution is 5.72. The Labute approximate surface area is 193 Å². The van der Waals surface area contributed by atoms with E-state index < -0.39 is 0 Å². The first-order valence-corrected chi connectivity index (χ1v) is 11.1. The fourth-order valence-corrected chi connectivity index (χ4v) is 3.94. The summed E-state index contributed by atoms with van der Waals surface area (Å²) in [7, 11) is 1.85. The van der Waals surface area contributed by atoms with Gasteiger partial charge in [0.25, 0.3) is 0 Å². The second-order valence-corrected chi connectivity index (χ2v) is 7.98. The standard InChI is InChI=1S/C26H26N6O/c1-27-25-15-24(30-26(31-25)23-7-2-3-8-29-23)22-14-21(16-28-17-22)20-6-4-5-19(13-20)18-32-9-11-33-12-10-32/h2-8,13-17H,9-12,18H2,1H3,(H,27,30,31). The molecule has 0 unspecified atom stereocenters. The Hall–Kier alpha value is -3.68. The van der Waals surface area contributed by atoms with Crippen molar-refractivity contribution in [1.82, 2.24) is 24.8 Å². The molecule has 33 heavy (non-hydrogen) atoms. The van der Waals surface area contributed by atoms with Crippen molar-refractivity contribution in [1.29, 1.82) is 0 Å². The van der Waals surface area contributed by atoms with Crippen LogP contribution >= 0.6 is 0 Å².